The largest absolute Gasteiger partial charge is 0.352 e. The van der Waals surface area contributed by atoms with E-state index < -0.39 is 5.41 Å². The monoisotopic (exact) mass is 369 g/mol. The second-order valence-corrected chi connectivity index (χ2v) is 7.66. The van der Waals surface area contributed by atoms with Crippen LogP contribution in [0.3, 0.4) is 0 Å². The average molecular weight is 370 g/mol. The van der Waals surface area contributed by atoms with E-state index in [1.165, 1.54) is 19.3 Å². The number of benzene rings is 3. The summed E-state index contributed by atoms with van der Waals surface area (Å²) in [6.45, 7) is 0. The quantitative estimate of drug-likeness (QED) is 0.594. The summed E-state index contributed by atoms with van der Waals surface area (Å²) in [5, 5.41) is 3.42. The maximum Gasteiger partial charge on any atom is 0.239 e. The third-order valence-corrected chi connectivity index (χ3v) is 5.90. The highest BCUT2D eigenvalue weighted by Gasteiger charge is 2.44. The zero-order chi connectivity index (χ0) is 19.2. The number of rotatable bonds is 5. The molecule has 142 valence electrons. The molecule has 2 nitrogen and oxygen atoms in total. The first kappa shape index (κ1) is 18.5. The van der Waals surface area contributed by atoms with Crippen LogP contribution in [-0.4, -0.2) is 11.9 Å². The van der Waals surface area contributed by atoms with Crippen molar-refractivity contribution in [1.29, 1.82) is 0 Å². The molecule has 0 unspecified atom stereocenters. The van der Waals surface area contributed by atoms with Crippen molar-refractivity contribution in [1.82, 2.24) is 5.32 Å². The van der Waals surface area contributed by atoms with Gasteiger partial charge in [-0.1, -0.05) is 110 Å². The number of carbonyl (C=O) groups is 1. The lowest BCUT2D eigenvalue weighted by Crippen LogP contribution is -2.50. The van der Waals surface area contributed by atoms with E-state index >= 15 is 0 Å². The smallest absolute Gasteiger partial charge is 0.239 e. The molecule has 0 radical (unpaired) electrons. The number of amides is 1. The highest BCUT2D eigenvalue weighted by Crippen LogP contribution is 2.40. The van der Waals surface area contributed by atoms with Gasteiger partial charge in [0, 0.05) is 6.04 Å². The molecule has 0 bridgehead atoms. The number of nitrogens with one attached hydrogen (secondary N) is 1. The Labute approximate surface area is 167 Å². The second-order valence-electron chi connectivity index (χ2n) is 7.66. The first-order chi connectivity index (χ1) is 13.8. The van der Waals surface area contributed by atoms with E-state index in [0.29, 0.717) is 0 Å². The van der Waals surface area contributed by atoms with Crippen LogP contribution in [0.5, 0.6) is 0 Å². The lowest BCUT2D eigenvalue weighted by molar-refractivity contribution is -0.125. The third kappa shape index (κ3) is 3.47. The molecule has 28 heavy (non-hydrogen) atoms. The molecule has 2 heteroatoms. The van der Waals surface area contributed by atoms with Crippen LogP contribution in [0, 0.1) is 0 Å². The molecule has 1 saturated carbocycles. The van der Waals surface area contributed by atoms with Crippen molar-refractivity contribution in [2.75, 3.05) is 0 Å². The van der Waals surface area contributed by atoms with E-state index in [1.807, 2.05) is 54.6 Å². The van der Waals surface area contributed by atoms with Crippen molar-refractivity contribution in [2.24, 2.45) is 0 Å². The van der Waals surface area contributed by atoms with Crippen LogP contribution in [0.15, 0.2) is 91.0 Å². The lowest BCUT2D eigenvalue weighted by Gasteiger charge is -2.36. The molecule has 0 aromatic heterocycles. The maximum absolute atomic E-state index is 14.0. The molecule has 1 aliphatic rings. The molecule has 3 aromatic rings. The third-order valence-electron chi connectivity index (χ3n) is 5.90. The fourth-order valence-electron chi connectivity index (χ4n) is 4.50. The van der Waals surface area contributed by atoms with Crippen molar-refractivity contribution in [2.45, 2.75) is 43.6 Å². The first-order valence-electron chi connectivity index (χ1n) is 10.3. The van der Waals surface area contributed by atoms with Crippen molar-refractivity contribution in [3.63, 3.8) is 0 Å². The Morgan fingerprint density at radius 1 is 0.643 bits per heavy atom. The van der Waals surface area contributed by atoms with Crippen LogP contribution >= 0.6 is 0 Å². The van der Waals surface area contributed by atoms with E-state index in [4.69, 9.17) is 0 Å². The van der Waals surface area contributed by atoms with Crippen molar-refractivity contribution in [3.8, 4) is 0 Å². The van der Waals surface area contributed by atoms with Crippen LogP contribution in [-0.2, 0) is 10.2 Å². The van der Waals surface area contributed by atoms with Crippen LogP contribution in [0.25, 0.3) is 0 Å². The molecule has 0 heterocycles. The molecular weight excluding hydrogens is 342 g/mol. The average Bonchev–Trinajstić information content (AvgIpc) is 2.77. The van der Waals surface area contributed by atoms with Gasteiger partial charge in [0.25, 0.3) is 0 Å². The number of carbonyl (C=O) groups excluding carboxylic acids is 1. The minimum absolute atomic E-state index is 0.0722. The van der Waals surface area contributed by atoms with Crippen LogP contribution < -0.4 is 5.32 Å². The van der Waals surface area contributed by atoms with E-state index in [-0.39, 0.29) is 11.9 Å². The first-order valence-corrected chi connectivity index (χ1v) is 10.3. The normalized spacial score (nSPS) is 15.1. The Kier molecular flexibility index (Phi) is 5.57. The van der Waals surface area contributed by atoms with Gasteiger partial charge in [-0.05, 0) is 29.5 Å². The van der Waals surface area contributed by atoms with Gasteiger partial charge in [-0.15, -0.1) is 0 Å². The Bertz CT molecular complexity index is 787. The fraction of sp³-hybridized carbons (Fsp3) is 0.269. The molecule has 1 N–H and O–H groups in total. The predicted octanol–water partition coefficient (Wildman–Crippen LogP) is 5.47. The van der Waals surface area contributed by atoms with Gasteiger partial charge in [0.2, 0.25) is 5.91 Å². The highest BCUT2D eigenvalue weighted by molar-refractivity contribution is 5.96. The van der Waals surface area contributed by atoms with Crippen molar-refractivity contribution in [3.05, 3.63) is 108 Å². The fourth-order valence-corrected chi connectivity index (χ4v) is 4.50. The number of hydrogen-bond acceptors (Lipinski definition) is 1. The molecule has 0 aliphatic heterocycles. The summed E-state index contributed by atoms with van der Waals surface area (Å²) in [4.78, 5) is 14.0. The Morgan fingerprint density at radius 3 is 1.43 bits per heavy atom. The van der Waals surface area contributed by atoms with Gasteiger partial charge in [0.1, 0.15) is 5.41 Å². The molecule has 1 aliphatic carbocycles. The standard InChI is InChI=1S/C26H27NO/c28-25(27-24-19-11-4-12-20-24)26(21-13-5-1-6-14-21,22-15-7-2-8-16-22)23-17-9-3-10-18-23/h1-3,5-10,13-18,24H,4,11-12,19-20H2,(H,27,28). The van der Waals surface area contributed by atoms with Crippen LogP contribution in [0.4, 0.5) is 0 Å². The van der Waals surface area contributed by atoms with E-state index in [9.17, 15) is 4.79 Å². The summed E-state index contributed by atoms with van der Waals surface area (Å²) < 4.78 is 0. The molecule has 1 amide bonds. The van der Waals surface area contributed by atoms with Gasteiger partial charge in [0.05, 0.1) is 0 Å². The van der Waals surface area contributed by atoms with Gasteiger partial charge >= 0.3 is 0 Å². The summed E-state index contributed by atoms with van der Waals surface area (Å²) in [6, 6.07) is 30.8. The molecule has 1 fully saturated rings. The maximum atomic E-state index is 14.0. The SMILES string of the molecule is O=C(NC1CCCCC1)C(c1ccccc1)(c1ccccc1)c1ccccc1. The summed E-state index contributed by atoms with van der Waals surface area (Å²) in [5.74, 6) is 0.0722. The Morgan fingerprint density at radius 2 is 1.04 bits per heavy atom. The molecule has 0 spiro atoms. The molecule has 3 aromatic carbocycles. The Hall–Kier alpha value is -2.87. The van der Waals surface area contributed by atoms with Gasteiger partial charge in [-0.2, -0.15) is 0 Å². The minimum Gasteiger partial charge on any atom is -0.352 e. The lowest BCUT2D eigenvalue weighted by atomic mass is 9.68. The Balaban J connectivity index is 1.89. The molecular formula is C26H27NO. The van der Waals surface area contributed by atoms with Crippen LogP contribution in [0.1, 0.15) is 48.8 Å². The molecule has 0 saturated heterocycles. The molecule has 0 atom stereocenters. The van der Waals surface area contributed by atoms with Gasteiger partial charge < -0.3 is 5.32 Å². The zero-order valence-electron chi connectivity index (χ0n) is 16.2. The predicted molar refractivity (Wildman–Crippen MR) is 114 cm³/mol. The summed E-state index contributed by atoms with van der Waals surface area (Å²) in [6.07, 6.45) is 5.80. The summed E-state index contributed by atoms with van der Waals surface area (Å²) in [5.41, 5.74) is 2.14. The van der Waals surface area contributed by atoms with Gasteiger partial charge in [-0.25, -0.2) is 0 Å². The van der Waals surface area contributed by atoms with E-state index in [1.54, 1.807) is 0 Å². The number of hydrogen-bond donors (Lipinski definition) is 1. The van der Waals surface area contributed by atoms with E-state index in [2.05, 4.69) is 41.7 Å². The second kappa shape index (κ2) is 8.43. The van der Waals surface area contributed by atoms with Crippen molar-refractivity contribution < 1.29 is 4.79 Å². The van der Waals surface area contributed by atoms with Gasteiger partial charge in [-0.3, -0.25) is 4.79 Å². The topological polar surface area (TPSA) is 29.1 Å². The highest BCUT2D eigenvalue weighted by atomic mass is 16.2. The van der Waals surface area contributed by atoms with Crippen molar-refractivity contribution >= 4 is 5.91 Å². The van der Waals surface area contributed by atoms with E-state index in [0.717, 1.165) is 29.5 Å². The molecule has 4 rings (SSSR count). The summed E-state index contributed by atoms with van der Waals surface area (Å²) in [7, 11) is 0. The van der Waals surface area contributed by atoms with Crippen LogP contribution in [0.2, 0.25) is 0 Å². The summed E-state index contributed by atoms with van der Waals surface area (Å²) >= 11 is 0. The minimum atomic E-state index is -0.860. The zero-order valence-corrected chi connectivity index (χ0v) is 16.2. The van der Waals surface area contributed by atoms with Gasteiger partial charge in [0.15, 0.2) is 0 Å².